The van der Waals surface area contributed by atoms with Crippen molar-refractivity contribution in [1.29, 1.82) is 0 Å². The molecule has 1 aromatic carbocycles. The van der Waals surface area contributed by atoms with E-state index in [-0.39, 0.29) is 17.7 Å². The molecule has 3 rings (SSSR count). The minimum atomic E-state index is 0.0223. The summed E-state index contributed by atoms with van der Waals surface area (Å²) in [6.45, 7) is 6.42. The van der Waals surface area contributed by atoms with Crippen molar-refractivity contribution in [3.8, 4) is 0 Å². The number of carbonyl (C=O) groups excluding carboxylic acids is 2. The lowest BCUT2D eigenvalue weighted by Crippen LogP contribution is -2.51. The number of amides is 2. The summed E-state index contributed by atoms with van der Waals surface area (Å²) in [4.78, 5) is 31.5. The van der Waals surface area contributed by atoms with E-state index in [4.69, 9.17) is 0 Å². The first-order chi connectivity index (χ1) is 11.6. The summed E-state index contributed by atoms with van der Waals surface area (Å²) in [5.74, 6) is 0.381. The highest BCUT2D eigenvalue weighted by molar-refractivity contribution is 5.84. The second kappa shape index (κ2) is 7.07. The molecule has 1 saturated heterocycles. The lowest BCUT2D eigenvalue weighted by molar-refractivity contribution is -0.141. The van der Waals surface area contributed by atoms with Crippen LogP contribution in [0.25, 0.3) is 10.9 Å². The Kier molecular flexibility index (Phi) is 4.88. The second-order valence-electron chi connectivity index (χ2n) is 6.72. The number of hydrogen-bond acceptors (Lipinski definition) is 2. The molecule has 2 heterocycles. The number of carbonyl (C=O) groups is 2. The van der Waals surface area contributed by atoms with Crippen molar-refractivity contribution in [3.05, 3.63) is 36.0 Å². The van der Waals surface area contributed by atoms with Crippen LogP contribution in [0.5, 0.6) is 0 Å². The molecular weight excluding hydrogens is 302 g/mol. The van der Waals surface area contributed by atoms with Gasteiger partial charge < -0.3 is 14.8 Å². The molecule has 1 aliphatic rings. The zero-order chi connectivity index (χ0) is 17.1. The Balaban J connectivity index is 1.52. The Bertz CT molecular complexity index is 727. The molecule has 2 aromatic rings. The quantitative estimate of drug-likeness (QED) is 0.937. The maximum Gasteiger partial charge on any atom is 0.225 e. The minimum absolute atomic E-state index is 0.0223. The van der Waals surface area contributed by atoms with Crippen molar-refractivity contribution >= 4 is 22.7 Å². The van der Waals surface area contributed by atoms with Crippen LogP contribution in [-0.4, -0.2) is 52.8 Å². The predicted octanol–water partition coefficient (Wildman–Crippen LogP) is 2.43. The number of nitrogens with one attached hydrogen (secondary N) is 1. The van der Waals surface area contributed by atoms with Crippen molar-refractivity contribution in [2.24, 2.45) is 5.92 Å². The zero-order valence-electron chi connectivity index (χ0n) is 14.4. The first kappa shape index (κ1) is 16.6. The summed E-state index contributed by atoms with van der Waals surface area (Å²) in [7, 11) is 0. The largest absolute Gasteiger partial charge is 0.361 e. The van der Waals surface area contributed by atoms with Gasteiger partial charge in [-0.15, -0.1) is 0 Å². The van der Waals surface area contributed by atoms with Crippen LogP contribution in [0.15, 0.2) is 30.5 Å². The maximum absolute atomic E-state index is 12.5. The van der Waals surface area contributed by atoms with Crippen LogP contribution in [-0.2, 0) is 16.0 Å². The van der Waals surface area contributed by atoms with E-state index in [2.05, 4.69) is 11.1 Å². The summed E-state index contributed by atoms with van der Waals surface area (Å²) in [6.07, 6.45) is 3.26. The molecule has 1 fully saturated rings. The van der Waals surface area contributed by atoms with Crippen LogP contribution in [0.3, 0.4) is 0 Å². The van der Waals surface area contributed by atoms with E-state index in [0.29, 0.717) is 32.6 Å². The third kappa shape index (κ3) is 3.45. The van der Waals surface area contributed by atoms with Gasteiger partial charge in [0.15, 0.2) is 0 Å². The normalized spacial score (nSPS) is 15.3. The molecular formula is C19H25N3O2. The minimum Gasteiger partial charge on any atom is -0.361 e. The fourth-order valence-electron chi connectivity index (χ4n) is 3.28. The summed E-state index contributed by atoms with van der Waals surface area (Å²) in [5.41, 5.74) is 2.30. The van der Waals surface area contributed by atoms with E-state index in [0.717, 1.165) is 11.9 Å². The van der Waals surface area contributed by atoms with Gasteiger partial charge >= 0.3 is 0 Å². The molecule has 0 unspecified atom stereocenters. The van der Waals surface area contributed by atoms with Crippen LogP contribution >= 0.6 is 0 Å². The molecule has 1 N–H and O–H groups in total. The van der Waals surface area contributed by atoms with Gasteiger partial charge in [0.25, 0.3) is 0 Å². The number of nitrogens with zero attached hydrogens (tertiary/aromatic N) is 2. The van der Waals surface area contributed by atoms with Crippen LogP contribution in [0.1, 0.15) is 25.8 Å². The van der Waals surface area contributed by atoms with Gasteiger partial charge in [-0.1, -0.05) is 32.0 Å². The molecule has 0 spiro atoms. The number of para-hydroxylation sites is 1. The van der Waals surface area contributed by atoms with E-state index >= 15 is 0 Å². The van der Waals surface area contributed by atoms with Gasteiger partial charge in [-0.3, -0.25) is 9.59 Å². The monoisotopic (exact) mass is 327 g/mol. The number of benzene rings is 1. The van der Waals surface area contributed by atoms with Crippen LogP contribution in [0, 0.1) is 5.92 Å². The van der Waals surface area contributed by atoms with E-state index in [1.54, 1.807) is 0 Å². The molecule has 1 aliphatic heterocycles. The molecule has 1 aromatic heterocycles. The van der Waals surface area contributed by atoms with E-state index in [1.165, 1.54) is 10.9 Å². The van der Waals surface area contributed by atoms with Gasteiger partial charge in [0.1, 0.15) is 0 Å². The molecule has 0 aliphatic carbocycles. The van der Waals surface area contributed by atoms with Gasteiger partial charge in [0.2, 0.25) is 11.8 Å². The summed E-state index contributed by atoms with van der Waals surface area (Å²) >= 11 is 0. The number of aryl methyl sites for hydroxylation is 1. The Labute approximate surface area is 142 Å². The molecule has 5 nitrogen and oxygen atoms in total. The lowest BCUT2D eigenvalue weighted by atomic mass is 10.1. The standard InChI is InChI=1S/C19H25N3O2/c1-14(2)19(24)22-11-9-21(10-12-22)18(23)8-7-15-13-20-17-6-4-3-5-16(15)17/h3-6,13-14,20H,7-12H2,1-2H3. The third-order valence-electron chi connectivity index (χ3n) is 4.72. The highest BCUT2D eigenvalue weighted by Gasteiger charge is 2.25. The van der Waals surface area contributed by atoms with E-state index in [9.17, 15) is 9.59 Å². The molecule has 128 valence electrons. The number of H-pyrrole nitrogens is 1. The average Bonchev–Trinajstić information content (AvgIpc) is 3.02. The Hall–Kier alpha value is -2.30. The molecule has 0 saturated carbocycles. The number of aromatic nitrogens is 1. The predicted molar refractivity (Wildman–Crippen MR) is 94.6 cm³/mol. The smallest absolute Gasteiger partial charge is 0.225 e. The van der Waals surface area contributed by atoms with Crippen LogP contribution in [0.4, 0.5) is 0 Å². The van der Waals surface area contributed by atoms with Crippen LogP contribution < -0.4 is 0 Å². The molecule has 24 heavy (non-hydrogen) atoms. The fraction of sp³-hybridized carbons (Fsp3) is 0.474. The average molecular weight is 327 g/mol. The highest BCUT2D eigenvalue weighted by Crippen LogP contribution is 2.19. The van der Waals surface area contributed by atoms with Crippen LogP contribution in [0.2, 0.25) is 0 Å². The Morgan fingerprint density at radius 3 is 2.46 bits per heavy atom. The van der Waals surface area contributed by atoms with Crippen molar-refractivity contribution in [3.63, 3.8) is 0 Å². The number of aromatic amines is 1. The highest BCUT2D eigenvalue weighted by atomic mass is 16.2. The number of fused-ring (bicyclic) bond motifs is 1. The summed E-state index contributed by atoms with van der Waals surface area (Å²) < 4.78 is 0. The zero-order valence-corrected chi connectivity index (χ0v) is 14.4. The first-order valence-electron chi connectivity index (χ1n) is 8.68. The molecule has 5 heteroatoms. The molecule has 0 atom stereocenters. The van der Waals surface area contributed by atoms with E-state index < -0.39 is 0 Å². The van der Waals surface area contributed by atoms with Crippen molar-refractivity contribution in [2.75, 3.05) is 26.2 Å². The summed E-state index contributed by atoms with van der Waals surface area (Å²) in [5, 5.41) is 1.19. The van der Waals surface area contributed by atoms with E-state index in [1.807, 2.05) is 48.0 Å². The first-order valence-corrected chi connectivity index (χ1v) is 8.68. The Morgan fingerprint density at radius 2 is 1.75 bits per heavy atom. The SMILES string of the molecule is CC(C)C(=O)N1CCN(C(=O)CCc2c[nH]c3ccccc23)CC1. The topological polar surface area (TPSA) is 56.4 Å². The van der Waals surface area contributed by atoms with Crippen molar-refractivity contribution < 1.29 is 9.59 Å². The molecule has 2 amide bonds. The number of rotatable bonds is 4. The third-order valence-corrected chi connectivity index (χ3v) is 4.72. The van der Waals surface area contributed by atoms with Crippen molar-refractivity contribution in [1.82, 2.24) is 14.8 Å². The van der Waals surface area contributed by atoms with Gasteiger partial charge in [-0.2, -0.15) is 0 Å². The maximum atomic E-state index is 12.5. The van der Waals surface area contributed by atoms with Crippen molar-refractivity contribution in [2.45, 2.75) is 26.7 Å². The van der Waals surface area contributed by atoms with Gasteiger partial charge in [0.05, 0.1) is 0 Å². The number of hydrogen-bond donors (Lipinski definition) is 1. The fourth-order valence-corrected chi connectivity index (χ4v) is 3.28. The second-order valence-corrected chi connectivity index (χ2v) is 6.72. The summed E-state index contributed by atoms with van der Waals surface area (Å²) in [6, 6.07) is 8.16. The van der Waals surface area contributed by atoms with Gasteiger partial charge in [-0.25, -0.2) is 0 Å². The lowest BCUT2D eigenvalue weighted by Gasteiger charge is -2.35. The molecule has 0 bridgehead atoms. The molecule has 0 radical (unpaired) electrons. The number of piperazine rings is 1. The van der Waals surface area contributed by atoms with Gasteiger partial charge in [0, 0.05) is 55.6 Å². The Morgan fingerprint density at radius 1 is 1.08 bits per heavy atom. The van der Waals surface area contributed by atoms with Gasteiger partial charge in [-0.05, 0) is 18.1 Å².